The van der Waals surface area contributed by atoms with Crippen molar-refractivity contribution in [1.29, 1.82) is 0 Å². The lowest BCUT2D eigenvalue weighted by Gasteiger charge is -2.14. The Morgan fingerprint density at radius 3 is 2.42 bits per heavy atom. The van der Waals surface area contributed by atoms with Gasteiger partial charge in [-0.05, 0) is 41.7 Å². The molecule has 9 heteroatoms. The number of ether oxygens (including phenoxy) is 2. The van der Waals surface area contributed by atoms with Crippen LogP contribution in [0.15, 0.2) is 59.7 Å². The normalized spacial score (nSPS) is 13.2. The number of hydrogen-bond donors (Lipinski definition) is 1. The zero-order chi connectivity index (χ0) is 22.9. The van der Waals surface area contributed by atoms with Crippen LogP contribution in [0.3, 0.4) is 0 Å². The van der Waals surface area contributed by atoms with Gasteiger partial charge in [0.15, 0.2) is 17.3 Å². The Morgan fingerprint density at radius 1 is 1.03 bits per heavy atom. The van der Waals surface area contributed by atoms with Gasteiger partial charge in [0.25, 0.3) is 5.56 Å². The highest BCUT2D eigenvalue weighted by atomic mass is 16.5. The molecule has 0 aliphatic heterocycles. The zero-order valence-corrected chi connectivity index (χ0v) is 18.4. The van der Waals surface area contributed by atoms with Gasteiger partial charge >= 0.3 is 0 Å². The van der Waals surface area contributed by atoms with E-state index in [-0.39, 0.29) is 17.5 Å². The van der Waals surface area contributed by atoms with Gasteiger partial charge in [-0.3, -0.25) is 9.36 Å². The highest BCUT2D eigenvalue weighted by molar-refractivity contribution is 5.44. The summed E-state index contributed by atoms with van der Waals surface area (Å²) in [6.45, 7) is 0. The first-order valence-electron chi connectivity index (χ1n) is 10.6. The number of fused-ring (bicyclic) bond motifs is 1. The lowest BCUT2D eigenvalue weighted by Crippen LogP contribution is -2.26. The Bertz CT molecular complexity index is 1350. The molecule has 4 aromatic rings. The number of rotatable bonds is 6. The standard InChI is InChI=1S/C24H24N6O3/c1-32-19-8-7-15(9-20(19)33-2)10-22-27-24(25)28-30(22)21-13-23(31)29(14-26-21)18-11-16-5-3-4-6-17(16)12-18/h3-9,13-14,18H,10-12H2,1-2H3,(H2,25,28). The van der Waals surface area contributed by atoms with E-state index in [2.05, 4.69) is 27.2 Å². The van der Waals surface area contributed by atoms with Crippen molar-refractivity contribution in [2.24, 2.45) is 0 Å². The van der Waals surface area contributed by atoms with E-state index in [1.165, 1.54) is 21.9 Å². The fourth-order valence-electron chi connectivity index (χ4n) is 4.36. The average molecular weight is 444 g/mol. The molecule has 2 N–H and O–H groups in total. The van der Waals surface area contributed by atoms with Crippen molar-refractivity contribution in [3.63, 3.8) is 0 Å². The smallest absolute Gasteiger partial charge is 0.255 e. The van der Waals surface area contributed by atoms with Crippen molar-refractivity contribution in [3.8, 4) is 17.3 Å². The monoisotopic (exact) mass is 444 g/mol. The summed E-state index contributed by atoms with van der Waals surface area (Å²) in [5.74, 6) is 2.32. The van der Waals surface area contributed by atoms with E-state index in [0.717, 1.165) is 18.4 Å². The topological polar surface area (TPSA) is 110 Å². The van der Waals surface area contributed by atoms with E-state index in [0.29, 0.717) is 29.6 Å². The fourth-order valence-corrected chi connectivity index (χ4v) is 4.36. The summed E-state index contributed by atoms with van der Waals surface area (Å²) in [5.41, 5.74) is 9.24. The maximum Gasteiger partial charge on any atom is 0.255 e. The molecule has 5 rings (SSSR count). The van der Waals surface area contributed by atoms with Crippen LogP contribution < -0.4 is 20.8 Å². The van der Waals surface area contributed by atoms with Crippen LogP contribution in [0, 0.1) is 0 Å². The first-order valence-corrected chi connectivity index (χ1v) is 10.6. The van der Waals surface area contributed by atoms with E-state index in [1.54, 1.807) is 25.1 Å². The third-order valence-corrected chi connectivity index (χ3v) is 5.96. The van der Waals surface area contributed by atoms with Crippen LogP contribution in [-0.4, -0.2) is 38.5 Å². The maximum absolute atomic E-state index is 13.0. The van der Waals surface area contributed by atoms with Crippen LogP contribution in [0.2, 0.25) is 0 Å². The van der Waals surface area contributed by atoms with E-state index in [9.17, 15) is 4.79 Å². The second kappa shape index (κ2) is 8.42. The number of nitrogen functional groups attached to an aromatic ring is 1. The largest absolute Gasteiger partial charge is 0.493 e. The van der Waals surface area contributed by atoms with Gasteiger partial charge in [0.2, 0.25) is 5.95 Å². The van der Waals surface area contributed by atoms with Gasteiger partial charge < -0.3 is 15.2 Å². The molecule has 0 atom stereocenters. The lowest BCUT2D eigenvalue weighted by atomic mass is 10.1. The van der Waals surface area contributed by atoms with E-state index in [1.807, 2.05) is 30.3 Å². The van der Waals surface area contributed by atoms with Crippen LogP contribution >= 0.6 is 0 Å². The first kappa shape index (κ1) is 20.7. The van der Waals surface area contributed by atoms with Gasteiger partial charge in [0, 0.05) is 18.5 Å². The third-order valence-electron chi connectivity index (χ3n) is 5.96. The second-order valence-corrected chi connectivity index (χ2v) is 7.99. The Kier molecular flexibility index (Phi) is 5.29. The van der Waals surface area contributed by atoms with Crippen LogP contribution in [0.4, 0.5) is 5.95 Å². The summed E-state index contributed by atoms with van der Waals surface area (Å²) < 4.78 is 13.9. The van der Waals surface area contributed by atoms with E-state index < -0.39 is 0 Å². The first-order chi connectivity index (χ1) is 16.1. The van der Waals surface area contributed by atoms with Gasteiger partial charge in [0.1, 0.15) is 12.2 Å². The molecule has 2 aromatic heterocycles. The molecule has 168 valence electrons. The predicted octanol–water partition coefficient (Wildman–Crippen LogP) is 2.35. The molecule has 0 saturated heterocycles. The predicted molar refractivity (Wildman–Crippen MR) is 123 cm³/mol. The highest BCUT2D eigenvalue weighted by Gasteiger charge is 2.24. The number of anilines is 1. The lowest BCUT2D eigenvalue weighted by molar-refractivity contribution is 0.354. The minimum Gasteiger partial charge on any atom is -0.493 e. The molecule has 0 bridgehead atoms. The summed E-state index contributed by atoms with van der Waals surface area (Å²) >= 11 is 0. The summed E-state index contributed by atoms with van der Waals surface area (Å²) in [6, 6.07) is 15.4. The molecule has 0 amide bonds. The number of hydrogen-bond acceptors (Lipinski definition) is 7. The van der Waals surface area contributed by atoms with Crippen molar-refractivity contribution in [1.82, 2.24) is 24.3 Å². The molecule has 0 radical (unpaired) electrons. The SMILES string of the molecule is COc1ccc(Cc2nc(N)nn2-c2cc(=O)n(C3Cc4ccccc4C3)cn2)cc1OC. The summed E-state index contributed by atoms with van der Waals surface area (Å²) in [6.07, 6.45) is 3.65. The van der Waals surface area contributed by atoms with Crippen LogP contribution in [0.25, 0.3) is 5.82 Å². The Balaban J connectivity index is 1.43. The van der Waals surface area contributed by atoms with Crippen molar-refractivity contribution >= 4 is 5.95 Å². The average Bonchev–Trinajstić information content (AvgIpc) is 3.41. The van der Waals surface area contributed by atoms with Crippen molar-refractivity contribution < 1.29 is 9.47 Å². The maximum atomic E-state index is 13.0. The molecule has 2 aromatic carbocycles. The molecule has 2 heterocycles. The third kappa shape index (κ3) is 3.93. The fraction of sp³-hybridized carbons (Fsp3) is 0.250. The summed E-state index contributed by atoms with van der Waals surface area (Å²) in [4.78, 5) is 21.8. The summed E-state index contributed by atoms with van der Waals surface area (Å²) in [7, 11) is 3.18. The van der Waals surface area contributed by atoms with Crippen molar-refractivity contribution in [3.05, 3.63) is 87.7 Å². The van der Waals surface area contributed by atoms with Crippen LogP contribution in [0.1, 0.15) is 28.6 Å². The highest BCUT2D eigenvalue weighted by Crippen LogP contribution is 2.30. The molecule has 9 nitrogen and oxygen atoms in total. The quantitative estimate of drug-likeness (QED) is 0.486. The molecule has 0 saturated carbocycles. The van der Waals surface area contributed by atoms with Gasteiger partial charge in [-0.1, -0.05) is 30.3 Å². The van der Waals surface area contributed by atoms with E-state index in [4.69, 9.17) is 15.2 Å². The molecule has 1 aliphatic rings. The van der Waals surface area contributed by atoms with Crippen molar-refractivity contribution in [2.75, 3.05) is 20.0 Å². The van der Waals surface area contributed by atoms with E-state index >= 15 is 0 Å². The number of aromatic nitrogens is 5. The number of nitrogens with two attached hydrogens (primary N) is 1. The molecular formula is C24H24N6O3. The molecule has 0 spiro atoms. The number of nitrogens with zero attached hydrogens (tertiary/aromatic N) is 5. The second-order valence-electron chi connectivity index (χ2n) is 7.99. The molecule has 0 fully saturated rings. The molecule has 33 heavy (non-hydrogen) atoms. The van der Waals surface area contributed by atoms with Crippen LogP contribution in [0.5, 0.6) is 11.5 Å². The zero-order valence-electron chi connectivity index (χ0n) is 18.4. The Hall–Kier alpha value is -4.14. The summed E-state index contributed by atoms with van der Waals surface area (Å²) in [5, 5.41) is 4.27. The number of benzene rings is 2. The van der Waals surface area contributed by atoms with Gasteiger partial charge in [0.05, 0.1) is 14.2 Å². The minimum atomic E-state index is -0.135. The van der Waals surface area contributed by atoms with Crippen molar-refractivity contribution in [2.45, 2.75) is 25.3 Å². The van der Waals surface area contributed by atoms with Gasteiger partial charge in [-0.15, -0.1) is 5.10 Å². The Morgan fingerprint density at radius 2 is 1.76 bits per heavy atom. The molecule has 0 unspecified atom stereocenters. The van der Waals surface area contributed by atoms with Crippen LogP contribution in [-0.2, 0) is 19.3 Å². The van der Waals surface area contributed by atoms with Gasteiger partial charge in [-0.2, -0.15) is 9.67 Å². The van der Waals surface area contributed by atoms with Gasteiger partial charge in [-0.25, -0.2) is 4.98 Å². The molecule has 1 aliphatic carbocycles. The minimum absolute atomic E-state index is 0.0588. The molecular weight excluding hydrogens is 420 g/mol. The Labute approximate surface area is 190 Å². The number of methoxy groups -OCH3 is 2.